The van der Waals surface area contributed by atoms with Gasteiger partial charge in [-0.2, -0.15) is 5.10 Å². The third-order valence-corrected chi connectivity index (χ3v) is 3.26. The molecule has 1 aromatic carbocycles. The van der Waals surface area contributed by atoms with Crippen LogP contribution in [0.5, 0.6) is 5.75 Å². The number of hydrogen-bond acceptors (Lipinski definition) is 3. The van der Waals surface area contributed by atoms with Gasteiger partial charge in [0.05, 0.1) is 23.5 Å². The van der Waals surface area contributed by atoms with Crippen LogP contribution in [-0.4, -0.2) is 41.9 Å². The highest BCUT2D eigenvalue weighted by molar-refractivity contribution is 6.33. The van der Waals surface area contributed by atoms with Gasteiger partial charge in [-0.05, 0) is 38.7 Å². The monoisotopic (exact) mass is 292 g/mol. The summed E-state index contributed by atoms with van der Waals surface area (Å²) in [6, 6.07) is 8.70. The molecule has 0 spiro atoms. The molecule has 0 bridgehead atoms. The number of halogens is 1. The summed E-state index contributed by atoms with van der Waals surface area (Å²) in [6.07, 6.45) is 2.61. The van der Waals surface area contributed by atoms with Crippen molar-refractivity contribution in [3.8, 4) is 17.0 Å². The van der Waals surface area contributed by atoms with E-state index in [1.807, 2.05) is 25.2 Å². The second kappa shape index (κ2) is 6.77. The van der Waals surface area contributed by atoms with Crippen LogP contribution in [0.15, 0.2) is 24.4 Å². The summed E-state index contributed by atoms with van der Waals surface area (Å²) in [6.45, 7) is 1.67. The smallest absolute Gasteiger partial charge is 0.128 e. The summed E-state index contributed by atoms with van der Waals surface area (Å²) in [4.78, 5) is 2.14. The third-order valence-electron chi connectivity index (χ3n) is 2.98. The van der Waals surface area contributed by atoms with Crippen LogP contribution in [0, 0.1) is 6.07 Å². The first kappa shape index (κ1) is 14.9. The van der Waals surface area contributed by atoms with Gasteiger partial charge in [-0.1, -0.05) is 17.7 Å². The molecule has 0 atom stereocenters. The molecule has 0 saturated carbocycles. The lowest BCUT2D eigenvalue weighted by atomic mass is 10.1. The molecule has 4 nitrogen and oxygen atoms in total. The van der Waals surface area contributed by atoms with Crippen LogP contribution in [0.1, 0.15) is 6.42 Å². The van der Waals surface area contributed by atoms with E-state index in [2.05, 4.69) is 30.2 Å². The number of hydrogen-bond donors (Lipinski definition) is 0. The SMILES string of the molecule is CN(C)CCCOc1cc[c]cc1-c1c(Cl)cnn1C. The minimum Gasteiger partial charge on any atom is -0.493 e. The number of benzene rings is 1. The van der Waals surface area contributed by atoms with Crippen molar-refractivity contribution in [2.45, 2.75) is 6.42 Å². The second-order valence-electron chi connectivity index (χ2n) is 4.89. The molecule has 0 saturated heterocycles. The Balaban J connectivity index is 2.15. The molecular formula is C15H19ClN3O. The molecule has 0 N–H and O–H groups in total. The van der Waals surface area contributed by atoms with E-state index in [1.54, 1.807) is 10.9 Å². The van der Waals surface area contributed by atoms with E-state index in [1.165, 1.54) is 0 Å². The average Bonchev–Trinajstić information content (AvgIpc) is 2.75. The molecule has 1 heterocycles. The zero-order chi connectivity index (χ0) is 14.5. The van der Waals surface area contributed by atoms with E-state index in [0.29, 0.717) is 11.6 Å². The van der Waals surface area contributed by atoms with E-state index < -0.39 is 0 Å². The van der Waals surface area contributed by atoms with Gasteiger partial charge in [0.15, 0.2) is 0 Å². The summed E-state index contributed by atoms with van der Waals surface area (Å²) in [5, 5.41) is 4.78. The van der Waals surface area contributed by atoms with Crippen molar-refractivity contribution < 1.29 is 4.74 Å². The number of nitrogens with zero attached hydrogens (tertiary/aromatic N) is 3. The Morgan fingerprint density at radius 1 is 1.45 bits per heavy atom. The fourth-order valence-electron chi connectivity index (χ4n) is 2.00. The fraction of sp³-hybridized carbons (Fsp3) is 0.400. The maximum absolute atomic E-state index is 6.20. The fourth-order valence-corrected chi connectivity index (χ4v) is 2.27. The Kier molecular flexibility index (Phi) is 5.04. The molecule has 0 aliphatic carbocycles. The maximum Gasteiger partial charge on any atom is 0.128 e. The Labute approximate surface area is 124 Å². The molecule has 0 aliphatic heterocycles. The number of ether oxygens (including phenoxy) is 1. The van der Waals surface area contributed by atoms with Crippen LogP contribution in [0.3, 0.4) is 0 Å². The van der Waals surface area contributed by atoms with Crippen LogP contribution >= 0.6 is 11.6 Å². The van der Waals surface area contributed by atoms with Gasteiger partial charge in [-0.15, -0.1) is 0 Å². The molecule has 1 aromatic heterocycles. The van der Waals surface area contributed by atoms with Crippen LogP contribution in [0.2, 0.25) is 5.02 Å². The number of aromatic nitrogens is 2. The van der Waals surface area contributed by atoms with Crippen molar-refractivity contribution in [2.24, 2.45) is 7.05 Å². The van der Waals surface area contributed by atoms with Gasteiger partial charge < -0.3 is 9.64 Å². The molecule has 1 radical (unpaired) electrons. The minimum absolute atomic E-state index is 0.616. The zero-order valence-electron chi connectivity index (χ0n) is 12.1. The predicted octanol–water partition coefficient (Wildman–Crippen LogP) is 2.87. The quantitative estimate of drug-likeness (QED) is 0.767. The predicted molar refractivity (Wildman–Crippen MR) is 81.2 cm³/mol. The van der Waals surface area contributed by atoms with Gasteiger partial charge in [-0.25, -0.2) is 0 Å². The first-order chi connectivity index (χ1) is 9.59. The Bertz CT molecular complexity index is 546. The van der Waals surface area contributed by atoms with Gasteiger partial charge in [0.1, 0.15) is 5.75 Å². The normalized spacial score (nSPS) is 11.1. The van der Waals surface area contributed by atoms with Gasteiger partial charge in [0.2, 0.25) is 0 Å². The molecular weight excluding hydrogens is 274 g/mol. The molecule has 0 fully saturated rings. The molecule has 2 aromatic rings. The lowest BCUT2D eigenvalue weighted by Gasteiger charge is -2.13. The van der Waals surface area contributed by atoms with Crippen molar-refractivity contribution in [1.82, 2.24) is 14.7 Å². The summed E-state index contributed by atoms with van der Waals surface area (Å²) >= 11 is 6.20. The second-order valence-corrected chi connectivity index (χ2v) is 5.30. The van der Waals surface area contributed by atoms with Gasteiger partial charge in [0, 0.05) is 19.2 Å². The maximum atomic E-state index is 6.20. The van der Waals surface area contributed by atoms with Crippen molar-refractivity contribution >= 4 is 11.6 Å². The third kappa shape index (κ3) is 3.52. The largest absolute Gasteiger partial charge is 0.493 e. The summed E-state index contributed by atoms with van der Waals surface area (Å²) in [5.74, 6) is 0.813. The molecule has 5 heteroatoms. The van der Waals surface area contributed by atoms with Crippen LogP contribution in [0.25, 0.3) is 11.3 Å². The number of aryl methyl sites for hydroxylation is 1. The molecule has 2 rings (SSSR count). The highest BCUT2D eigenvalue weighted by atomic mass is 35.5. The highest BCUT2D eigenvalue weighted by Gasteiger charge is 2.13. The molecule has 20 heavy (non-hydrogen) atoms. The molecule has 0 aliphatic rings. The molecule has 107 valence electrons. The average molecular weight is 293 g/mol. The Morgan fingerprint density at radius 3 is 2.90 bits per heavy atom. The van der Waals surface area contributed by atoms with Crippen LogP contribution in [-0.2, 0) is 7.05 Å². The van der Waals surface area contributed by atoms with Gasteiger partial charge >= 0.3 is 0 Å². The minimum atomic E-state index is 0.616. The van der Waals surface area contributed by atoms with Crippen molar-refractivity contribution in [1.29, 1.82) is 0 Å². The van der Waals surface area contributed by atoms with Crippen molar-refractivity contribution in [3.05, 3.63) is 35.5 Å². The van der Waals surface area contributed by atoms with Crippen molar-refractivity contribution in [3.63, 3.8) is 0 Å². The highest BCUT2D eigenvalue weighted by Crippen LogP contribution is 2.34. The summed E-state index contributed by atoms with van der Waals surface area (Å²) < 4.78 is 7.62. The zero-order valence-corrected chi connectivity index (χ0v) is 12.8. The van der Waals surface area contributed by atoms with E-state index in [4.69, 9.17) is 16.3 Å². The van der Waals surface area contributed by atoms with Crippen LogP contribution in [0.4, 0.5) is 0 Å². The van der Waals surface area contributed by atoms with Crippen LogP contribution < -0.4 is 4.74 Å². The Morgan fingerprint density at radius 2 is 2.25 bits per heavy atom. The van der Waals surface area contributed by atoms with E-state index in [-0.39, 0.29) is 0 Å². The molecule has 0 amide bonds. The van der Waals surface area contributed by atoms with E-state index >= 15 is 0 Å². The topological polar surface area (TPSA) is 30.3 Å². The lowest BCUT2D eigenvalue weighted by molar-refractivity contribution is 0.282. The summed E-state index contributed by atoms with van der Waals surface area (Å²) in [7, 11) is 5.97. The first-order valence-electron chi connectivity index (χ1n) is 6.55. The number of rotatable bonds is 6. The van der Waals surface area contributed by atoms with Gasteiger partial charge in [0.25, 0.3) is 0 Å². The van der Waals surface area contributed by atoms with Gasteiger partial charge in [-0.3, -0.25) is 4.68 Å². The van der Waals surface area contributed by atoms with E-state index in [0.717, 1.165) is 30.0 Å². The lowest BCUT2D eigenvalue weighted by Crippen LogP contribution is -2.15. The van der Waals surface area contributed by atoms with E-state index in [9.17, 15) is 0 Å². The van der Waals surface area contributed by atoms with Crippen molar-refractivity contribution in [2.75, 3.05) is 27.2 Å². The standard InChI is InChI=1S/C15H19ClN3O/c1-18(2)9-6-10-20-14-8-5-4-7-12(14)15-13(16)11-17-19(15)3/h5,7-8,11H,6,9-10H2,1-3H3. The first-order valence-corrected chi connectivity index (χ1v) is 6.93. The summed E-state index contributed by atoms with van der Waals surface area (Å²) in [5.41, 5.74) is 1.77. The molecule has 0 unspecified atom stereocenters. The Hall–Kier alpha value is -1.52.